The molecular weight excluding hydrogens is 252 g/mol. The third-order valence-corrected chi connectivity index (χ3v) is 2.87. The third-order valence-electron chi connectivity index (χ3n) is 2.87. The molecule has 20 heavy (non-hydrogen) atoms. The molecule has 0 saturated carbocycles. The minimum absolute atomic E-state index is 0.491. The molecule has 0 aliphatic rings. The van der Waals surface area contributed by atoms with Gasteiger partial charge in [-0.3, -0.25) is 4.98 Å². The zero-order valence-electron chi connectivity index (χ0n) is 12.2. The van der Waals surface area contributed by atoms with Crippen LogP contribution in [0.3, 0.4) is 0 Å². The maximum Gasteiger partial charge on any atom is 0.238 e. The molecule has 0 radical (unpaired) electrons. The highest BCUT2D eigenvalue weighted by molar-refractivity contribution is 5.32. The second-order valence-corrected chi connectivity index (χ2v) is 4.50. The zero-order chi connectivity index (χ0) is 14.4. The van der Waals surface area contributed by atoms with Gasteiger partial charge in [0.15, 0.2) is 5.75 Å². The summed E-state index contributed by atoms with van der Waals surface area (Å²) in [6, 6.07) is 7.61. The first-order chi connectivity index (χ1) is 9.72. The van der Waals surface area contributed by atoms with E-state index in [1.807, 2.05) is 31.2 Å². The van der Waals surface area contributed by atoms with Crippen LogP contribution in [-0.2, 0) is 13.0 Å². The van der Waals surface area contributed by atoms with E-state index < -0.39 is 0 Å². The summed E-state index contributed by atoms with van der Waals surface area (Å²) in [7, 11) is 0. The lowest BCUT2D eigenvalue weighted by atomic mass is 10.2. The Morgan fingerprint density at radius 3 is 2.60 bits per heavy atom. The number of pyridine rings is 1. The van der Waals surface area contributed by atoms with Gasteiger partial charge in [-0.15, -0.1) is 5.10 Å². The highest BCUT2D eigenvalue weighted by Gasteiger charge is 2.07. The molecule has 0 saturated heterocycles. The van der Waals surface area contributed by atoms with Gasteiger partial charge in [-0.05, 0) is 38.1 Å². The van der Waals surface area contributed by atoms with Gasteiger partial charge in [0, 0.05) is 18.3 Å². The molecule has 0 aliphatic heterocycles. The Morgan fingerprint density at radius 2 is 1.95 bits per heavy atom. The Balaban J connectivity index is 2.10. The van der Waals surface area contributed by atoms with Crippen molar-refractivity contribution in [3.63, 3.8) is 0 Å². The lowest BCUT2D eigenvalue weighted by Crippen LogP contribution is -2.13. The van der Waals surface area contributed by atoms with Gasteiger partial charge in [-0.1, -0.05) is 13.8 Å². The summed E-state index contributed by atoms with van der Waals surface area (Å²) in [5.41, 5.74) is 2.82. The molecule has 0 spiro atoms. The first-order valence-electron chi connectivity index (χ1n) is 6.90. The average molecular weight is 272 g/mol. The van der Waals surface area contributed by atoms with Crippen LogP contribution in [0.4, 0.5) is 0 Å². The van der Waals surface area contributed by atoms with Crippen molar-refractivity contribution < 1.29 is 4.74 Å². The molecule has 0 aromatic carbocycles. The summed E-state index contributed by atoms with van der Waals surface area (Å²) in [6.45, 7) is 7.71. The summed E-state index contributed by atoms with van der Waals surface area (Å²) in [5.74, 6) is 1.23. The van der Waals surface area contributed by atoms with Gasteiger partial charge in [0.1, 0.15) is 0 Å². The first kappa shape index (κ1) is 14.4. The number of ether oxygens (including phenoxy) is 1. The largest absolute Gasteiger partial charge is 0.436 e. The smallest absolute Gasteiger partial charge is 0.238 e. The number of hydrogen-bond donors (Lipinski definition) is 1. The standard InChI is InChI=1S/C15H20N4O/c1-4-13-14(8-6-11(3)17-13)20-15-9-7-12(18-19-15)10-16-5-2/h6-9,16H,4-5,10H2,1-3H3. The van der Waals surface area contributed by atoms with Crippen molar-refractivity contribution >= 4 is 0 Å². The van der Waals surface area contributed by atoms with Crippen LogP contribution in [0.5, 0.6) is 11.6 Å². The van der Waals surface area contributed by atoms with E-state index in [1.54, 1.807) is 0 Å². The zero-order valence-corrected chi connectivity index (χ0v) is 12.2. The predicted octanol–water partition coefficient (Wildman–Crippen LogP) is 2.64. The number of aromatic nitrogens is 3. The Hall–Kier alpha value is -2.01. The van der Waals surface area contributed by atoms with Crippen LogP contribution < -0.4 is 10.1 Å². The lowest BCUT2D eigenvalue weighted by Gasteiger charge is -2.09. The van der Waals surface area contributed by atoms with Gasteiger partial charge in [0.25, 0.3) is 0 Å². The van der Waals surface area contributed by atoms with Crippen LogP contribution in [0, 0.1) is 6.92 Å². The molecule has 0 aliphatic carbocycles. The molecule has 1 N–H and O–H groups in total. The van der Waals surface area contributed by atoms with E-state index >= 15 is 0 Å². The molecule has 2 aromatic heterocycles. The molecule has 2 aromatic rings. The van der Waals surface area contributed by atoms with Gasteiger partial charge in [-0.25, -0.2) is 0 Å². The molecule has 0 unspecified atom stereocenters. The maximum absolute atomic E-state index is 5.76. The fourth-order valence-corrected chi connectivity index (χ4v) is 1.81. The quantitative estimate of drug-likeness (QED) is 0.876. The Bertz CT molecular complexity index is 554. The minimum atomic E-state index is 0.491. The Kier molecular flexibility index (Phi) is 5.01. The van der Waals surface area contributed by atoms with Gasteiger partial charge >= 0.3 is 0 Å². The molecule has 0 atom stereocenters. The number of rotatable bonds is 6. The average Bonchev–Trinajstić information content (AvgIpc) is 2.48. The molecule has 2 rings (SSSR count). The van der Waals surface area contributed by atoms with Crippen molar-refractivity contribution in [3.8, 4) is 11.6 Å². The van der Waals surface area contributed by atoms with Crippen LogP contribution in [0.15, 0.2) is 24.3 Å². The summed E-state index contributed by atoms with van der Waals surface area (Å²) in [4.78, 5) is 4.46. The number of aryl methyl sites for hydroxylation is 2. The fraction of sp³-hybridized carbons (Fsp3) is 0.400. The summed E-state index contributed by atoms with van der Waals surface area (Å²) in [5, 5.41) is 11.4. The molecule has 0 amide bonds. The highest BCUT2D eigenvalue weighted by Crippen LogP contribution is 2.23. The van der Waals surface area contributed by atoms with E-state index in [1.165, 1.54) is 0 Å². The maximum atomic E-state index is 5.76. The third kappa shape index (κ3) is 3.74. The van der Waals surface area contributed by atoms with E-state index in [9.17, 15) is 0 Å². The van der Waals surface area contributed by atoms with E-state index in [2.05, 4.69) is 34.3 Å². The van der Waals surface area contributed by atoms with Crippen LogP contribution in [0.1, 0.15) is 30.9 Å². The van der Waals surface area contributed by atoms with E-state index in [0.29, 0.717) is 5.88 Å². The second kappa shape index (κ2) is 6.96. The highest BCUT2D eigenvalue weighted by atomic mass is 16.5. The minimum Gasteiger partial charge on any atom is -0.436 e. The van der Waals surface area contributed by atoms with Gasteiger partial charge < -0.3 is 10.1 Å². The van der Waals surface area contributed by atoms with Gasteiger partial charge in [-0.2, -0.15) is 5.10 Å². The number of nitrogens with one attached hydrogen (secondary N) is 1. The Morgan fingerprint density at radius 1 is 1.10 bits per heavy atom. The van der Waals surface area contributed by atoms with Crippen LogP contribution in [0.25, 0.3) is 0 Å². The lowest BCUT2D eigenvalue weighted by molar-refractivity contribution is 0.445. The summed E-state index contributed by atoms with van der Waals surface area (Å²) < 4.78 is 5.76. The van der Waals surface area contributed by atoms with Crippen LogP contribution in [-0.4, -0.2) is 21.7 Å². The molecule has 5 nitrogen and oxygen atoms in total. The molecule has 5 heteroatoms. The molecule has 2 heterocycles. The fourth-order valence-electron chi connectivity index (χ4n) is 1.81. The number of hydrogen-bond acceptors (Lipinski definition) is 5. The Labute approximate surface area is 119 Å². The van der Waals surface area contributed by atoms with Crippen molar-refractivity contribution in [2.24, 2.45) is 0 Å². The van der Waals surface area contributed by atoms with Crippen molar-refractivity contribution in [1.29, 1.82) is 0 Å². The van der Waals surface area contributed by atoms with Crippen molar-refractivity contribution in [3.05, 3.63) is 41.3 Å². The van der Waals surface area contributed by atoms with E-state index in [0.717, 1.165) is 42.3 Å². The van der Waals surface area contributed by atoms with Crippen molar-refractivity contribution in [2.45, 2.75) is 33.7 Å². The number of nitrogens with zero attached hydrogens (tertiary/aromatic N) is 3. The molecule has 0 fully saturated rings. The van der Waals surface area contributed by atoms with Crippen LogP contribution >= 0.6 is 0 Å². The monoisotopic (exact) mass is 272 g/mol. The summed E-state index contributed by atoms with van der Waals surface area (Å²) >= 11 is 0. The van der Waals surface area contributed by atoms with Crippen LogP contribution in [0.2, 0.25) is 0 Å². The van der Waals surface area contributed by atoms with Gasteiger partial charge in [0.05, 0.1) is 11.4 Å². The van der Waals surface area contributed by atoms with E-state index in [-0.39, 0.29) is 0 Å². The normalized spacial score (nSPS) is 10.6. The molecule has 106 valence electrons. The second-order valence-electron chi connectivity index (χ2n) is 4.50. The molecule has 0 bridgehead atoms. The predicted molar refractivity (Wildman–Crippen MR) is 77.8 cm³/mol. The SMILES string of the molecule is CCNCc1ccc(Oc2ccc(C)nc2CC)nn1. The van der Waals surface area contributed by atoms with Crippen molar-refractivity contribution in [1.82, 2.24) is 20.5 Å². The van der Waals surface area contributed by atoms with Crippen molar-refractivity contribution in [2.75, 3.05) is 6.54 Å². The topological polar surface area (TPSA) is 59.9 Å². The first-order valence-corrected chi connectivity index (χ1v) is 6.90. The van der Waals surface area contributed by atoms with E-state index in [4.69, 9.17) is 4.74 Å². The summed E-state index contributed by atoms with van der Waals surface area (Å²) in [6.07, 6.45) is 0.822. The van der Waals surface area contributed by atoms with Gasteiger partial charge in [0.2, 0.25) is 5.88 Å². The molecular formula is C15H20N4O.